The summed E-state index contributed by atoms with van der Waals surface area (Å²) in [7, 11) is 0. The van der Waals surface area contributed by atoms with Gasteiger partial charge in [-0.25, -0.2) is 4.79 Å². The van der Waals surface area contributed by atoms with Crippen LogP contribution < -0.4 is 11.4 Å². The highest BCUT2D eigenvalue weighted by Gasteiger charge is 2.07. The molecule has 0 saturated heterocycles. The van der Waals surface area contributed by atoms with E-state index in [1.54, 1.807) is 0 Å². The highest BCUT2D eigenvalue weighted by Crippen LogP contribution is 2.18. The topological polar surface area (TPSA) is 94.9 Å². The lowest BCUT2D eigenvalue weighted by Crippen LogP contribution is -2.10. The third kappa shape index (κ3) is 2.15. The number of nitrogens with one attached hydrogen (secondary N) is 2. The lowest BCUT2D eigenvalue weighted by Gasteiger charge is -2.10. The van der Waals surface area contributed by atoms with Gasteiger partial charge in [0.05, 0.1) is 11.0 Å². The van der Waals surface area contributed by atoms with E-state index >= 15 is 0 Å². The fourth-order valence-electron chi connectivity index (χ4n) is 1.76. The Morgan fingerprint density at radius 2 is 2.06 bits per heavy atom. The van der Waals surface area contributed by atoms with Crippen LogP contribution in [0.25, 0.3) is 11.0 Å². The van der Waals surface area contributed by atoms with Crippen LogP contribution in [0.2, 0.25) is 0 Å². The highest BCUT2D eigenvalue weighted by atomic mass is 16.2. The van der Waals surface area contributed by atoms with Gasteiger partial charge in [0, 0.05) is 12.6 Å². The van der Waals surface area contributed by atoms with E-state index in [-0.39, 0.29) is 18.3 Å². The van der Waals surface area contributed by atoms with Gasteiger partial charge < -0.3 is 20.8 Å². The van der Waals surface area contributed by atoms with E-state index in [1.807, 2.05) is 18.2 Å². The predicted octanol–water partition coefficient (Wildman–Crippen LogP) is 0.628. The fourth-order valence-corrected chi connectivity index (χ4v) is 1.76. The number of hydrogen-bond donors (Lipinski definition) is 4. The third-order valence-electron chi connectivity index (χ3n) is 2.64. The maximum absolute atomic E-state index is 11.1. The number of H-pyrrole nitrogens is 2. The van der Waals surface area contributed by atoms with E-state index in [0.717, 1.165) is 23.0 Å². The van der Waals surface area contributed by atoms with Gasteiger partial charge in [-0.05, 0) is 30.5 Å². The average Bonchev–Trinajstić information content (AvgIpc) is 2.64. The van der Waals surface area contributed by atoms with Crippen molar-refractivity contribution in [1.82, 2.24) is 9.97 Å². The zero-order chi connectivity index (χ0) is 11.5. The quantitative estimate of drug-likeness (QED) is 0.609. The largest absolute Gasteiger partial charge is 0.396 e. The van der Waals surface area contributed by atoms with Crippen LogP contribution >= 0.6 is 0 Å². The molecule has 0 aliphatic rings. The molecular weight excluding hydrogens is 206 g/mol. The smallest absolute Gasteiger partial charge is 0.323 e. The Labute approximate surface area is 92.3 Å². The van der Waals surface area contributed by atoms with Crippen LogP contribution in [0.1, 0.15) is 24.4 Å². The van der Waals surface area contributed by atoms with Crippen LogP contribution in [-0.4, -0.2) is 21.7 Å². The Bertz CT molecular complexity index is 529. The number of aromatic nitrogens is 2. The van der Waals surface area contributed by atoms with Crippen molar-refractivity contribution < 1.29 is 5.11 Å². The molecule has 5 N–H and O–H groups in total. The standard InChI is InChI=1S/C11H15N3O2/c12-8(2-1-5-15)7-3-4-9-10(6-7)14-11(16)13-9/h3-4,6,8,15H,1-2,5,12H2,(H2,13,14,16). The van der Waals surface area contributed by atoms with Gasteiger partial charge >= 0.3 is 5.69 Å². The van der Waals surface area contributed by atoms with Crippen molar-refractivity contribution in [2.45, 2.75) is 18.9 Å². The van der Waals surface area contributed by atoms with Gasteiger partial charge in [-0.15, -0.1) is 0 Å². The Hall–Kier alpha value is -1.59. The molecule has 2 rings (SSSR count). The van der Waals surface area contributed by atoms with Gasteiger partial charge in [-0.3, -0.25) is 0 Å². The summed E-state index contributed by atoms with van der Waals surface area (Å²) >= 11 is 0. The second-order valence-corrected chi connectivity index (χ2v) is 3.86. The number of aromatic amines is 2. The van der Waals surface area contributed by atoms with Crippen LogP contribution in [0.3, 0.4) is 0 Å². The van der Waals surface area contributed by atoms with Crippen molar-refractivity contribution in [3.63, 3.8) is 0 Å². The molecule has 1 aromatic carbocycles. The third-order valence-corrected chi connectivity index (χ3v) is 2.64. The van der Waals surface area contributed by atoms with Crippen molar-refractivity contribution in [3.8, 4) is 0 Å². The summed E-state index contributed by atoms with van der Waals surface area (Å²) in [5, 5.41) is 8.73. The second kappa shape index (κ2) is 4.51. The molecule has 0 fully saturated rings. The molecule has 0 radical (unpaired) electrons. The zero-order valence-corrected chi connectivity index (χ0v) is 8.86. The summed E-state index contributed by atoms with van der Waals surface area (Å²) in [5.74, 6) is 0. The Balaban J connectivity index is 2.27. The molecule has 5 nitrogen and oxygen atoms in total. The van der Waals surface area contributed by atoms with Gasteiger partial charge in [0.25, 0.3) is 0 Å². The lowest BCUT2D eigenvalue weighted by molar-refractivity contribution is 0.280. The summed E-state index contributed by atoms with van der Waals surface area (Å²) in [4.78, 5) is 16.4. The number of aliphatic hydroxyl groups is 1. The lowest BCUT2D eigenvalue weighted by atomic mass is 10.0. The number of rotatable bonds is 4. The number of aliphatic hydroxyl groups excluding tert-OH is 1. The minimum atomic E-state index is -0.212. The first-order valence-electron chi connectivity index (χ1n) is 5.29. The minimum absolute atomic E-state index is 0.102. The van der Waals surface area contributed by atoms with E-state index in [2.05, 4.69) is 9.97 Å². The molecule has 86 valence electrons. The molecular formula is C11H15N3O2. The van der Waals surface area contributed by atoms with E-state index in [0.29, 0.717) is 6.42 Å². The number of imidazole rings is 1. The number of hydrogen-bond acceptors (Lipinski definition) is 3. The van der Waals surface area contributed by atoms with Crippen LogP contribution in [0.4, 0.5) is 0 Å². The monoisotopic (exact) mass is 221 g/mol. The Morgan fingerprint density at radius 1 is 1.31 bits per heavy atom. The Kier molecular flexibility index (Phi) is 3.07. The Morgan fingerprint density at radius 3 is 2.81 bits per heavy atom. The maximum Gasteiger partial charge on any atom is 0.323 e. The van der Waals surface area contributed by atoms with E-state index in [4.69, 9.17) is 10.8 Å². The van der Waals surface area contributed by atoms with Crippen molar-refractivity contribution in [2.24, 2.45) is 5.73 Å². The molecule has 1 atom stereocenters. The molecule has 0 aliphatic carbocycles. The molecule has 2 aromatic rings. The molecule has 0 bridgehead atoms. The van der Waals surface area contributed by atoms with Gasteiger partial charge in [0.1, 0.15) is 0 Å². The van der Waals surface area contributed by atoms with Gasteiger partial charge in [-0.1, -0.05) is 6.07 Å². The average molecular weight is 221 g/mol. The second-order valence-electron chi connectivity index (χ2n) is 3.86. The van der Waals surface area contributed by atoms with Gasteiger partial charge in [0.15, 0.2) is 0 Å². The molecule has 1 heterocycles. The summed E-state index contributed by atoms with van der Waals surface area (Å²) in [6.07, 6.45) is 1.42. The van der Waals surface area contributed by atoms with Crippen molar-refractivity contribution >= 4 is 11.0 Å². The van der Waals surface area contributed by atoms with E-state index in [9.17, 15) is 4.79 Å². The predicted molar refractivity (Wildman–Crippen MR) is 62.2 cm³/mol. The molecule has 16 heavy (non-hydrogen) atoms. The zero-order valence-electron chi connectivity index (χ0n) is 8.86. The maximum atomic E-state index is 11.1. The van der Waals surface area contributed by atoms with E-state index in [1.165, 1.54) is 0 Å². The normalized spacial score (nSPS) is 13.1. The van der Waals surface area contributed by atoms with Gasteiger partial charge in [-0.2, -0.15) is 0 Å². The fraction of sp³-hybridized carbons (Fsp3) is 0.364. The first-order chi connectivity index (χ1) is 7.70. The molecule has 1 unspecified atom stereocenters. The SMILES string of the molecule is NC(CCCO)c1ccc2[nH]c(=O)[nH]c2c1. The number of benzene rings is 1. The van der Waals surface area contributed by atoms with Crippen LogP contribution in [0, 0.1) is 0 Å². The molecule has 5 heteroatoms. The van der Waals surface area contributed by atoms with E-state index < -0.39 is 0 Å². The first kappa shape index (κ1) is 10.9. The molecule has 0 spiro atoms. The summed E-state index contributed by atoms with van der Waals surface area (Å²) in [5.41, 5.74) is 8.27. The highest BCUT2D eigenvalue weighted by molar-refractivity contribution is 5.75. The molecule has 0 amide bonds. The minimum Gasteiger partial charge on any atom is -0.396 e. The summed E-state index contributed by atoms with van der Waals surface area (Å²) in [6, 6.07) is 5.50. The van der Waals surface area contributed by atoms with Crippen LogP contribution in [-0.2, 0) is 0 Å². The summed E-state index contributed by atoms with van der Waals surface area (Å²) in [6.45, 7) is 0.150. The molecule has 1 aromatic heterocycles. The van der Waals surface area contributed by atoms with Gasteiger partial charge in [0.2, 0.25) is 0 Å². The summed E-state index contributed by atoms with van der Waals surface area (Å²) < 4.78 is 0. The van der Waals surface area contributed by atoms with Crippen molar-refractivity contribution in [2.75, 3.05) is 6.61 Å². The van der Waals surface area contributed by atoms with Crippen LogP contribution in [0.5, 0.6) is 0 Å². The van der Waals surface area contributed by atoms with Crippen molar-refractivity contribution in [3.05, 3.63) is 34.2 Å². The molecule has 0 saturated carbocycles. The number of fused-ring (bicyclic) bond motifs is 1. The number of nitrogens with two attached hydrogens (primary N) is 1. The molecule has 0 aliphatic heterocycles. The van der Waals surface area contributed by atoms with Crippen molar-refractivity contribution in [1.29, 1.82) is 0 Å². The van der Waals surface area contributed by atoms with Crippen LogP contribution in [0.15, 0.2) is 23.0 Å². The first-order valence-corrected chi connectivity index (χ1v) is 5.29.